The number of rotatable bonds is 3. The van der Waals surface area contributed by atoms with E-state index in [1.165, 1.54) is 5.56 Å². The number of nitrogens with zero attached hydrogens (tertiary/aromatic N) is 2. The molecule has 1 N–H and O–H groups in total. The predicted octanol–water partition coefficient (Wildman–Crippen LogP) is 1.76. The van der Waals surface area contributed by atoms with Crippen molar-refractivity contribution in [1.29, 1.82) is 0 Å². The van der Waals surface area contributed by atoms with Crippen LogP contribution in [0.3, 0.4) is 0 Å². The van der Waals surface area contributed by atoms with Gasteiger partial charge in [-0.25, -0.2) is 0 Å². The smallest absolute Gasteiger partial charge is 0.228 e. The Morgan fingerprint density at radius 3 is 2.76 bits per heavy atom. The second kappa shape index (κ2) is 6.31. The predicted molar refractivity (Wildman–Crippen MR) is 93.8 cm³/mol. The number of likely N-dealkylation sites (tertiary alicyclic amines) is 1. The summed E-state index contributed by atoms with van der Waals surface area (Å²) < 4.78 is 0. The van der Waals surface area contributed by atoms with Gasteiger partial charge in [-0.1, -0.05) is 36.4 Å². The summed E-state index contributed by atoms with van der Waals surface area (Å²) in [4.78, 5) is 31.4. The molecule has 2 aliphatic heterocycles. The van der Waals surface area contributed by atoms with Gasteiger partial charge in [-0.2, -0.15) is 0 Å². The number of carbonyl (C=O) groups excluding carboxylic acids is 2. The Morgan fingerprint density at radius 1 is 1.20 bits per heavy atom. The highest BCUT2D eigenvalue weighted by Crippen LogP contribution is 2.46. The van der Waals surface area contributed by atoms with Gasteiger partial charge in [-0.15, -0.1) is 0 Å². The van der Waals surface area contributed by atoms with Crippen molar-refractivity contribution < 1.29 is 9.59 Å². The third kappa shape index (κ3) is 2.80. The molecule has 5 heteroatoms. The summed E-state index contributed by atoms with van der Waals surface area (Å²) in [5.41, 5.74) is 1.44. The van der Waals surface area contributed by atoms with Gasteiger partial charge < -0.3 is 10.2 Å². The number of aromatic nitrogens is 1. The first kappa shape index (κ1) is 15.8. The average molecular weight is 335 g/mol. The van der Waals surface area contributed by atoms with Gasteiger partial charge in [0.25, 0.3) is 0 Å². The molecule has 2 atom stereocenters. The van der Waals surface area contributed by atoms with Crippen molar-refractivity contribution in [2.24, 2.45) is 5.41 Å². The highest BCUT2D eigenvalue weighted by molar-refractivity contribution is 5.89. The summed E-state index contributed by atoms with van der Waals surface area (Å²) in [6.07, 6.45) is 2.70. The fourth-order valence-corrected chi connectivity index (χ4v) is 4.13. The van der Waals surface area contributed by atoms with Crippen LogP contribution in [-0.4, -0.2) is 41.3 Å². The minimum atomic E-state index is -0.499. The lowest BCUT2D eigenvalue weighted by Gasteiger charge is -2.28. The topological polar surface area (TPSA) is 62.3 Å². The zero-order valence-corrected chi connectivity index (χ0v) is 14.0. The third-order valence-electron chi connectivity index (χ3n) is 5.50. The third-order valence-corrected chi connectivity index (χ3v) is 5.50. The highest BCUT2D eigenvalue weighted by Gasteiger charge is 2.55. The van der Waals surface area contributed by atoms with E-state index in [9.17, 15) is 9.59 Å². The molecule has 2 amide bonds. The van der Waals surface area contributed by atoms with E-state index in [-0.39, 0.29) is 24.2 Å². The van der Waals surface area contributed by atoms with Crippen LogP contribution in [0.4, 0.5) is 0 Å². The van der Waals surface area contributed by atoms with Gasteiger partial charge in [0.2, 0.25) is 11.8 Å². The Kier molecular flexibility index (Phi) is 3.99. The standard InChI is InChI=1S/C20H21N3O2/c24-18(12-16-8-4-5-10-21-16)23-11-9-20(14-23)17(13-22-19(20)25)15-6-2-1-3-7-15/h1-8,10,17H,9,11-14H2,(H,22,25)/t17-,20+/m1/s1. The van der Waals surface area contributed by atoms with E-state index in [1.54, 1.807) is 6.20 Å². The summed E-state index contributed by atoms with van der Waals surface area (Å²) >= 11 is 0. The van der Waals surface area contributed by atoms with Gasteiger partial charge in [-0.3, -0.25) is 14.6 Å². The number of pyridine rings is 1. The summed E-state index contributed by atoms with van der Waals surface area (Å²) in [5.74, 6) is 0.241. The SMILES string of the molecule is O=C(Cc1ccccn1)N1CC[C@@]2(C1)C(=O)NC[C@@H]2c1ccccc1. The molecule has 128 valence electrons. The Hall–Kier alpha value is -2.69. The van der Waals surface area contributed by atoms with Crippen molar-refractivity contribution >= 4 is 11.8 Å². The Morgan fingerprint density at radius 2 is 2.00 bits per heavy atom. The number of carbonyl (C=O) groups is 2. The lowest BCUT2D eigenvalue weighted by atomic mass is 9.73. The van der Waals surface area contributed by atoms with Crippen molar-refractivity contribution in [3.63, 3.8) is 0 Å². The second-order valence-corrected chi connectivity index (χ2v) is 6.89. The molecule has 3 heterocycles. The fraction of sp³-hybridized carbons (Fsp3) is 0.350. The summed E-state index contributed by atoms with van der Waals surface area (Å²) in [5, 5.41) is 3.02. The molecule has 25 heavy (non-hydrogen) atoms. The lowest BCUT2D eigenvalue weighted by Crippen LogP contribution is -2.39. The molecule has 1 aromatic carbocycles. The minimum Gasteiger partial charge on any atom is -0.355 e. The lowest BCUT2D eigenvalue weighted by molar-refractivity contribution is -0.131. The van der Waals surface area contributed by atoms with E-state index in [2.05, 4.69) is 22.4 Å². The zero-order valence-electron chi connectivity index (χ0n) is 14.0. The average Bonchev–Trinajstić information content (AvgIpc) is 3.23. The quantitative estimate of drug-likeness (QED) is 0.930. The van der Waals surface area contributed by atoms with E-state index in [0.717, 1.165) is 5.69 Å². The maximum Gasteiger partial charge on any atom is 0.228 e. The molecule has 2 fully saturated rings. The van der Waals surface area contributed by atoms with Crippen LogP contribution in [0.15, 0.2) is 54.7 Å². The van der Waals surface area contributed by atoms with Crippen LogP contribution in [0.5, 0.6) is 0 Å². The molecule has 1 aromatic heterocycles. The van der Waals surface area contributed by atoms with E-state index in [0.29, 0.717) is 26.1 Å². The van der Waals surface area contributed by atoms with Crippen molar-refractivity contribution in [3.05, 3.63) is 66.0 Å². The van der Waals surface area contributed by atoms with E-state index < -0.39 is 5.41 Å². The highest BCUT2D eigenvalue weighted by atomic mass is 16.2. The Labute approximate surface area is 147 Å². The summed E-state index contributed by atoms with van der Waals surface area (Å²) in [7, 11) is 0. The minimum absolute atomic E-state index is 0.0436. The first-order valence-electron chi connectivity index (χ1n) is 8.70. The molecule has 2 aromatic rings. The van der Waals surface area contributed by atoms with E-state index in [1.807, 2.05) is 41.3 Å². The van der Waals surface area contributed by atoms with Crippen molar-refractivity contribution in [2.75, 3.05) is 19.6 Å². The first-order chi connectivity index (χ1) is 12.2. The van der Waals surface area contributed by atoms with E-state index in [4.69, 9.17) is 0 Å². The maximum atomic E-state index is 12.7. The summed E-state index contributed by atoms with van der Waals surface area (Å²) in [6.45, 7) is 1.76. The van der Waals surface area contributed by atoms with Crippen LogP contribution >= 0.6 is 0 Å². The first-order valence-corrected chi connectivity index (χ1v) is 8.70. The summed E-state index contributed by atoms with van der Waals surface area (Å²) in [6, 6.07) is 15.7. The monoisotopic (exact) mass is 335 g/mol. The van der Waals surface area contributed by atoms with Crippen molar-refractivity contribution in [2.45, 2.75) is 18.8 Å². The van der Waals surface area contributed by atoms with Crippen molar-refractivity contribution in [1.82, 2.24) is 15.2 Å². The Bertz CT molecular complexity index is 778. The molecular weight excluding hydrogens is 314 g/mol. The zero-order chi connectivity index (χ0) is 17.3. The van der Waals surface area contributed by atoms with Crippen LogP contribution in [0.25, 0.3) is 0 Å². The van der Waals surface area contributed by atoms with Gasteiger partial charge in [0.05, 0.1) is 11.8 Å². The molecule has 0 unspecified atom stereocenters. The van der Waals surface area contributed by atoms with Crippen LogP contribution < -0.4 is 5.32 Å². The molecule has 4 rings (SSSR count). The molecule has 2 saturated heterocycles. The van der Waals surface area contributed by atoms with Crippen molar-refractivity contribution in [3.8, 4) is 0 Å². The molecule has 0 aliphatic carbocycles. The molecule has 1 spiro atoms. The van der Waals surface area contributed by atoms with Crippen LogP contribution in [0, 0.1) is 5.41 Å². The van der Waals surface area contributed by atoms with Gasteiger partial charge in [0, 0.05) is 37.4 Å². The molecule has 5 nitrogen and oxygen atoms in total. The van der Waals surface area contributed by atoms with Crippen LogP contribution in [0.1, 0.15) is 23.6 Å². The van der Waals surface area contributed by atoms with Gasteiger partial charge in [0.15, 0.2) is 0 Å². The maximum absolute atomic E-state index is 12.7. The molecule has 2 aliphatic rings. The van der Waals surface area contributed by atoms with Gasteiger partial charge >= 0.3 is 0 Å². The van der Waals surface area contributed by atoms with Gasteiger partial charge in [-0.05, 0) is 24.1 Å². The van der Waals surface area contributed by atoms with E-state index >= 15 is 0 Å². The largest absolute Gasteiger partial charge is 0.355 e. The van der Waals surface area contributed by atoms with Crippen LogP contribution in [-0.2, 0) is 16.0 Å². The normalized spacial score (nSPS) is 25.4. The molecule has 0 saturated carbocycles. The Balaban J connectivity index is 1.53. The number of nitrogens with one attached hydrogen (secondary N) is 1. The number of amides is 2. The molecule has 0 bridgehead atoms. The fourth-order valence-electron chi connectivity index (χ4n) is 4.13. The number of hydrogen-bond acceptors (Lipinski definition) is 3. The number of hydrogen-bond donors (Lipinski definition) is 1. The molecule has 0 radical (unpaired) electrons. The van der Waals surface area contributed by atoms with Gasteiger partial charge in [0.1, 0.15) is 0 Å². The second-order valence-electron chi connectivity index (χ2n) is 6.89. The van der Waals surface area contributed by atoms with Crippen LogP contribution in [0.2, 0.25) is 0 Å². The number of benzene rings is 1. The molecular formula is C20H21N3O2.